The molecular formula is C15H14N4O2. The molecule has 0 aliphatic carbocycles. The first-order valence-electron chi connectivity index (χ1n) is 6.63. The van der Waals surface area contributed by atoms with E-state index in [1.807, 2.05) is 25.1 Å². The lowest BCUT2D eigenvalue weighted by molar-refractivity contribution is 0.0528. The lowest BCUT2D eigenvalue weighted by atomic mass is 10.2. The molecule has 0 fully saturated rings. The molecule has 0 radical (unpaired) electrons. The van der Waals surface area contributed by atoms with Crippen molar-refractivity contribution in [3.8, 4) is 11.4 Å². The van der Waals surface area contributed by atoms with E-state index in [4.69, 9.17) is 4.74 Å². The van der Waals surface area contributed by atoms with Crippen molar-refractivity contribution in [3.63, 3.8) is 0 Å². The van der Waals surface area contributed by atoms with Gasteiger partial charge in [-0.15, -0.1) is 0 Å². The summed E-state index contributed by atoms with van der Waals surface area (Å²) < 4.78 is 6.61. The van der Waals surface area contributed by atoms with Crippen molar-refractivity contribution in [1.82, 2.24) is 19.6 Å². The Balaban J connectivity index is 2.13. The zero-order chi connectivity index (χ0) is 14.8. The molecule has 0 bridgehead atoms. The summed E-state index contributed by atoms with van der Waals surface area (Å²) in [4.78, 5) is 20.5. The fourth-order valence-electron chi connectivity index (χ4n) is 2.06. The van der Waals surface area contributed by atoms with Gasteiger partial charge in [0.1, 0.15) is 5.56 Å². The van der Waals surface area contributed by atoms with Crippen LogP contribution in [-0.2, 0) is 4.74 Å². The van der Waals surface area contributed by atoms with E-state index in [0.29, 0.717) is 17.8 Å². The largest absolute Gasteiger partial charge is 0.462 e. The second kappa shape index (κ2) is 5.32. The van der Waals surface area contributed by atoms with Gasteiger partial charge in [-0.2, -0.15) is 5.10 Å². The van der Waals surface area contributed by atoms with Crippen LogP contribution in [0.15, 0.2) is 36.8 Å². The molecule has 3 aromatic rings. The highest BCUT2D eigenvalue weighted by atomic mass is 16.5. The Labute approximate surface area is 121 Å². The molecule has 6 nitrogen and oxygen atoms in total. The molecule has 0 unspecified atom stereocenters. The first kappa shape index (κ1) is 13.2. The van der Waals surface area contributed by atoms with Crippen LogP contribution in [0, 0.1) is 6.92 Å². The summed E-state index contributed by atoms with van der Waals surface area (Å²) in [5.41, 5.74) is 3.44. The Bertz CT molecular complexity index is 793. The highest BCUT2D eigenvalue weighted by molar-refractivity contribution is 5.95. The minimum atomic E-state index is -0.422. The van der Waals surface area contributed by atoms with Gasteiger partial charge < -0.3 is 4.74 Å². The smallest absolute Gasteiger partial charge is 0.343 e. The normalized spacial score (nSPS) is 10.8. The number of carbonyl (C=O) groups is 1. The number of ether oxygens (including phenoxy) is 1. The van der Waals surface area contributed by atoms with E-state index in [1.165, 1.54) is 6.20 Å². The third-order valence-corrected chi connectivity index (χ3v) is 3.07. The second-order valence-corrected chi connectivity index (χ2v) is 4.56. The third-order valence-electron chi connectivity index (χ3n) is 3.07. The van der Waals surface area contributed by atoms with Crippen LogP contribution in [0.4, 0.5) is 0 Å². The molecule has 0 aliphatic heterocycles. The van der Waals surface area contributed by atoms with E-state index in [1.54, 1.807) is 23.8 Å². The van der Waals surface area contributed by atoms with E-state index in [0.717, 1.165) is 17.0 Å². The molecule has 3 heterocycles. The number of hydrogen-bond acceptors (Lipinski definition) is 5. The van der Waals surface area contributed by atoms with E-state index in [-0.39, 0.29) is 0 Å². The van der Waals surface area contributed by atoms with E-state index in [9.17, 15) is 4.79 Å². The average molecular weight is 282 g/mol. The van der Waals surface area contributed by atoms with Crippen LogP contribution in [0.25, 0.3) is 17.0 Å². The standard InChI is InChI=1S/C15H14N4O2/c1-3-21-15(20)11-9-18-19-13(6-7-16-14(11)19)12-5-4-10(2)8-17-12/h4-9H,3H2,1-2H3. The van der Waals surface area contributed by atoms with Crippen LogP contribution in [0.1, 0.15) is 22.8 Å². The summed E-state index contributed by atoms with van der Waals surface area (Å²) in [5, 5.41) is 4.23. The quantitative estimate of drug-likeness (QED) is 0.689. The molecule has 0 saturated heterocycles. The fourth-order valence-corrected chi connectivity index (χ4v) is 2.06. The molecule has 0 saturated carbocycles. The number of fused-ring (bicyclic) bond motifs is 1. The van der Waals surface area contributed by atoms with Crippen LogP contribution in [0.3, 0.4) is 0 Å². The SMILES string of the molecule is CCOC(=O)c1cnn2c(-c3ccc(C)cn3)ccnc12. The highest BCUT2D eigenvalue weighted by Crippen LogP contribution is 2.19. The zero-order valence-corrected chi connectivity index (χ0v) is 11.8. The van der Waals surface area contributed by atoms with Crippen molar-refractivity contribution in [2.75, 3.05) is 6.61 Å². The van der Waals surface area contributed by atoms with Crippen LogP contribution in [0.5, 0.6) is 0 Å². The summed E-state index contributed by atoms with van der Waals surface area (Å²) in [7, 11) is 0. The average Bonchev–Trinajstić information content (AvgIpc) is 2.92. The minimum Gasteiger partial charge on any atom is -0.462 e. The van der Waals surface area contributed by atoms with E-state index < -0.39 is 5.97 Å². The minimum absolute atomic E-state index is 0.315. The monoisotopic (exact) mass is 282 g/mol. The predicted molar refractivity (Wildman–Crippen MR) is 76.9 cm³/mol. The number of nitrogens with zero attached hydrogens (tertiary/aromatic N) is 4. The maximum Gasteiger partial charge on any atom is 0.343 e. The molecule has 0 aliphatic rings. The molecule has 0 aromatic carbocycles. The summed E-state index contributed by atoms with van der Waals surface area (Å²) in [6.07, 6.45) is 4.89. The lowest BCUT2D eigenvalue weighted by Gasteiger charge is -2.04. The first-order chi connectivity index (χ1) is 10.2. The van der Waals surface area contributed by atoms with Crippen LogP contribution in [-0.4, -0.2) is 32.2 Å². The second-order valence-electron chi connectivity index (χ2n) is 4.56. The Morgan fingerprint density at radius 2 is 2.10 bits per heavy atom. The van der Waals surface area contributed by atoms with Gasteiger partial charge in [0, 0.05) is 12.4 Å². The molecule has 6 heteroatoms. The number of aryl methyl sites for hydroxylation is 1. The Morgan fingerprint density at radius 3 is 2.81 bits per heavy atom. The van der Waals surface area contributed by atoms with E-state index in [2.05, 4.69) is 15.1 Å². The van der Waals surface area contributed by atoms with Crippen molar-refractivity contribution >= 4 is 11.6 Å². The van der Waals surface area contributed by atoms with Crippen LogP contribution >= 0.6 is 0 Å². The van der Waals surface area contributed by atoms with Crippen molar-refractivity contribution in [3.05, 3.63) is 47.9 Å². The maximum absolute atomic E-state index is 11.9. The molecule has 21 heavy (non-hydrogen) atoms. The third kappa shape index (κ3) is 2.35. The molecule has 0 atom stereocenters. The van der Waals surface area contributed by atoms with Gasteiger partial charge in [0.15, 0.2) is 5.65 Å². The Kier molecular flexibility index (Phi) is 3.35. The van der Waals surface area contributed by atoms with Crippen molar-refractivity contribution in [1.29, 1.82) is 0 Å². The van der Waals surface area contributed by atoms with Crippen LogP contribution < -0.4 is 0 Å². The summed E-state index contributed by atoms with van der Waals surface area (Å²) in [6.45, 7) is 4.06. The lowest BCUT2D eigenvalue weighted by Crippen LogP contribution is -2.05. The molecule has 3 aromatic heterocycles. The van der Waals surface area contributed by atoms with Gasteiger partial charge in [0.2, 0.25) is 0 Å². The van der Waals surface area contributed by atoms with Gasteiger partial charge in [0.05, 0.1) is 24.2 Å². The van der Waals surface area contributed by atoms with Gasteiger partial charge in [-0.1, -0.05) is 6.07 Å². The van der Waals surface area contributed by atoms with Crippen molar-refractivity contribution in [2.45, 2.75) is 13.8 Å². The number of pyridine rings is 1. The molecule has 0 amide bonds. The maximum atomic E-state index is 11.9. The van der Waals surface area contributed by atoms with Crippen molar-refractivity contribution in [2.24, 2.45) is 0 Å². The van der Waals surface area contributed by atoms with Gasteiger partial charge in [-0.3, -0.25) is 4.98 Å². The Morgan fingerprint density at radius 1 is 1.24 bits per heavy atom. The first-order valence-corrected chi connectivity index (χ1v) is 6.63. The van der Waals surface area contributed by atoms with Crippen molar-refractivity contribution < 1.29 is 9.53 Å². The summed E-state index contributed by atoms with van der Waals surface area (Å²) in [5.74, 6) is -0.422. The predicted octanol–water partition coefficient (Wildman–Crippen LogP) is 2.28. The fraction of sp³-hybridized carbons (Fsp3) is 0.200. The summed E-state index contributed by atoms with van der Waals surface area (Å²) in [6, 6.07) is 5.70. The molecule has 3 rings (SSSR count). The number of carbonyl (C=O) groups excluding carboxylic acids is 1. The van der Waals surface area contributed by atoms with Gasteiger partial charge in [-0.05, 0) is 31.5 Å². The molecule has 0 N–H and O–H groups in total. The van der Waals surface area contributed by atoms with E-state index >= 15 is 0 Å². The molecule has 106 valence electrons. The number of hydrogen-bond donors (Lipinski definition) is 0. The number of rotatable bonds is 3. The molecular weight excluding hydrogens is 268 g/mol. The van der Waals surface area contributed by atoms with Gasteiger partial charge in [-0.25, -0.2) is 14.3 Å². The summed E-state index contributed by atoms with van der Waals surface area (Å²) >= 11 is 0. The Hall–Kier alpha value is -2.76. The molecule has 0 spiro atoms. The zero-order valence-electron chi connectivity index (χ0n) is 11.8. The number of aromatic nitrogens is 4. The van der Waals surface area contributed by atoms with Crippen LogP contribution in [0.2, 0.25) is 0 Å². The van der Waals surface area contributed by atoms with Gasteiger partial charge in [0.25, 0.3) is 0 Å². The van der Waals surface area contributed by atoms with Gasteiger partial charge >= 0.3 is 5.97 Å². The topological polar surface area (TPSA) is 69.4 Å². The highest BCUT2D eigenvalue weighted by Gasteiger charge is 2.17. The number of esters is 1.